The molecule has 7 heteroatoms. The fraction of sp³-hybridized carbons (Fsp3) is 0.273. The molecule has 1 rings (SSSR count). The standard InChI is InChI=1S/C11H12ClFN2O3/c1-2-8(10(16)17)14-11(18)15-9-4-3-6(13)5-7(9)12/h3-5,8H,2H2,1H3,(H,16,17)(H2,14,15,18). The van der Waals surface area contributed by atoms with Crippen LogP contribution in [0.15, 0.2) is 18.2 Å². The second-order valence-electron chi connectivity index (χ2n) is 3.52. The molecule has 0 bridgehead atoms. The van der Waals surface area contributed by atoms with E-state index in [4.69, 9.17) is 16.7 Å². The molecule has 0 aliphatic rings. The van der Waals surface area contributed by atoms with Crippen LogP contribution in [0.1, 0.15) is 13.3 Å². The molecule has 0 heterocycles. The number of rotatable bonds is 4. The highest BCUT2D eigenvalue weighted by atomic mass is 35.5. The normalized spacial score (nSPS) is 11.7. The van der Waals surface area contributed by atoms with Gasteiger partial charge in [-0.2, -0.15) is 0 Å². The van der Waals surface area contributed by atoms with E-state index in [2.05, 4.69) is 10.6 Å². The van der Waals surface area contributed by atoms with E-state index in [1.807, 2.05) is 0 Å². The van der Waals surface area contributed by atoms with Crippen LogP contribution in [0.25, 0.3) is 0 Å². The van der Waals surface area contributed by atoms with Gasteiger partial charge in [0.25, 0.3) is 0 Å². The SMILES string of the molecule is CCC(NC(=O)Nc1ccc(F)cc1Cl)C(=O)O. The van der Waals surface area contributed by atoms with Crippen LogP contribution in [0, 0.1) is 5.82 Å². The topological polar surface area (TPSA) is 78.4 Å². The number of hydrogen-bond acceptors (Lipinski definition) is 2. The van der Waals surface area contributed by atoms with Crippen LogP contribution in [-0.2, 0) is 4.79 Å². The smallest absolute Gasteiger partial charge is 0.326 e. The quantitative estimate of drug-likeness (QED) is 0.789. The molecule has 1 atom stereocenters. The van der Waals surface area contributed by atoms with Crippen molar-refractivity contribution in [2.24, 2.45) is 0 Å². The van der Waals surface area contributed by atoms with Crippen LogP contribution in [0.5, 0.6) is 0 Å². The van der Waals surface area contributed by atoms with Crippen LogP contribution < -0.4 is 10.6 Å². The van der Waals surface area contributed by atoms with Crippen molar-refractivity contribution in [3.8, 4) is 0 Å². The van der Waals surface area contributed by atoms with Gasteiger partial charge in [0.1, 0.15) is 11.9 Å². The third-order valence-electron chi connectivity index (χ3n) is 2.19. The zero-order valence-corrected chi connectivity index (χ0v) is 10.3. The van der Waals surface area contributed by atoms with Gasteiger partial charge in [0.15, 0.2) is 0 Å². The van der Waals surface area contributed by atoms with Gasteiger partial charge in [-0.15, -0.1) is 0 Å². The average Bonchev–Trinajstić information content (AvgIpc) is 2.29. The van der Waals surface area contributed by atoms with E-state index < -0.39 is 23.9 Å². The largest absolute Gasteiger partial charge is 0.480 e. The maximum Gasteiger partial charge on any atom is 0.326 e. The first-order valence-corrected chi connectivity index (χ1v) is 5.57. The van der Waals surface area contributed by atoms with E-state index >= 15 is 0 Å². The zero-order valence-electron chi connectivity index (χ0n) is 9.54. The molecule has 0 aromatic heterocycles. The van der Waals surface area contributed by atoms with E-state index in [9.17, 15) is 14.0 Å². The molecule has 1 aromatic carbocycles. The van der Waals surface area contributed by atoms with Crippen LogP contribution in [0.2, 0.25) is 5.02 Å². The lowest BCUT2D eigenvalue weighted by Gasteiger charge is -2.13. The van der Waals surface area contributed by atoms with Crippen molar-refractivity contribution in [1.29, 1.82) is 0 Å². The van der Waals surface area contributed by atoms with E-state index in [1.165, 1.54) is 6.07 Å². The number of anilines is 1. The summed E-state index contributed by atoms with van der Waals surface area (Å²) in [5, 5.41) is 13.4. The maximum absolute atomic E-state index is 12.8. The Kier molecular flexibility index (Phi) is 4.91. The van der Waals surface area contributed by atoms with E-state index in [0.717, 1.165) is 12.1 Å². The minimum atomic E-state index is -1.13. The van der Waals surface area contributed by atoms with Crippen molar-refractivity contribution in [2.75, 3.05) is 5.32 Å². The Bertz CT molecular complexity index is 468. The molecule has 0 fully saturated rings. The highest BCUT2D eigenvalue weighted by Gasteiger charge is 2.17. The summed E-state index contributed by atoms with van der Waals surface area (Å²) in [5.41, 5.74) is 0.204. The number of urea groups is 1. The molecular weight excluding hydrogens is 263 g/mol. The Morgan fingerprint density at radius 3 is 2.67 bits per heavy atom. The van der Waals surface area contributed by atoms with Crippen molar-refractivity contribution in [2.45, 2.75) is 19.4 Å². The molecule has 0 saturated heterocycles. The van der Waals surface area contributed by atoms with Crippen molar-refractivity contribution in [3.05, 3.63) is 29.0 Å². The van der Waals surface area contributed by atoms with Gasteiger partial charge in [0.05, 0.1) is 10.7 Å². The number of nitrogens with one attached hydrogen (secondary N) is 2. The molecule has 1 aromatic rings. The highest BCUT2D eigenvalue weighted by Crippen LogP contribution is 2.22. The van der Waals surface area contributed by atoms with Gasteiger partial charge < -0.3 is 15.7 Å². The Morgan fingerprint density at radius 1 is 1.50 bits per heavy atom. The number of carboxylic acids is 1. The summed E-state index contributed by atoms with van der Waals surface area (Å²) >= 11 is 5.71. The lowest BCUT2D eigenvalue weighted by Crippen LogP contribution is -2.42. The summed E-state index contributed by atoms with van der Waals surface area (Å²) in [5.74, 6) is -1.65. The number of carbonyl (C=O) groups excluding carboxylic acids is 1. The van der Waals surface area contributed by atoms with Crippen LogP contribution in [0.3, 0.4) is 0 Å². The molecule has 3 N–H and O–H groups in total. The predicted molar refractivity (Wildman–Crippen MR) is 65.3 cm³/mol. The van der Waals surface area contributed by atoms with Crippen LogP contribution >= 0.6 is 11.6 Å². The minimum Gasteiger partial charge on any atom is -0.480 e. The molecule has 2 amide bonds. The molecule has 0 saturated carbocycles. The minimum absolute atomic E-state index is 0.0357. The summed E-state index contributed by atoms with van der Waals surface area (Å²) in [7, 11) is 0. The molecule has 0 spiro atoms. The lowest BCUT2D eigenvalue weighted by atomic mass is 10.2. The summed E-state index contributed by atoms with van der Waals surface area (Å²) in [4.78, 5) is 22.2. The third-order valence-corrected chi connectivity index (χ3v) is 2.50. The number of aliphatic carboxylic acids is 1. The van der Waals surface area contributed by atoms with Gasteiger partial charge in [-0.05, 0) is 24.6 Å². The van der Waals surface area contributed by atoms with Gasteiger partial charge >= 0.3 is 12.0 Å². The first-order valence-electron chi connectivity index (χ1n) is 5.19. The first-order chi connectivity index (χ1) is 8.43. The number of halogens is 2. The Balaban J connectivity index is 2.67. The van der Waals surface area contributed by atoms with Crippen molar-refractivity contribution in [3.63, 3.8) is 0 Å². The molecule has 5 nitrogen and oxygen atoms in total. The molecule has 18 heavy (non-hydrogen) atoms. The fourth-order valence-electron chi connectivity index (χ4n) is 1.25. The fourth-order valence-corrected chi connectivity index (χ4v) is 1.46. The van der Waals surface area contributed by atoms with Gasteiger partial charge in [0, 0.05) is 0 Å². The number of carboxylic acid groups (broad SMARTS) is 1. The van der Waals surface area contributed by atoms with Crippen LogP contribution in [-0.4, -0.2) is 23.1 Å². The Hall–Kier alpha value is -1.82. The van der Waals surface area contributed by atoms with Crippen LogP contribution in [0.4, 0.5) is 14.9 Å². The average molecular weight is 275 g/mol. The number of benzene rings is 1. The monoisotopic (exact) mass is 274 g/mol. The Morgan fingerprint density at radius 2 is 2.17 bits per heavy atom. The number of amides is 2. The molecule has 1 unspecified atom stereocenters. The zero-order chi connectivity index (χ0) is 13.7. The first kappa shape index (κ1) is 14.2. The highest BCUT2D eigenvalue weighted by molar-refractivity contribution is 6.33. The maximum atomic E-state index is 12.8. The summed E-state index contributed by atoms with van der Waals surface area (Å²) in [6.07, 6.45) is 0.250. The summed E-state index contributed by atoms with van der Waals surface area (Å²) in [6, 6.07) is 1.78. The molecule has 0 radical (unpaired) electrons. The Labute approximate surface area is 108 Å². The summed E-state index contributed by atoms with van der Waals surface area (Å²) in [6.45, 7) is 1.63. The van der Waals surface area contributed by atoms with Gasteiger partial charge in [-0.25, -0.2) is 14.0 Å². The third kappa shape index (κ3) is 3.89. The number of hydrogen-bond donors (Lipinski definition) is 3. The number of carbonyl (C=O) groups is 2. The second kappa shape index (κ2) is 6.20. The van der Waals surface area contributed by atoms with Gasteiger partial charge in [0.2, 0.25) is 0 Å². The van der Waals surface area contributed by atoms with Crippen molar-refractivity contribution < 1.29 is 19.1 Å². The van der Waals surface area contributed by atoms with Crippen molar-refractivity contribution >= 4 is 29.3 Å². The molecule has 0 aliphatic carbocycles. The second-order valence-corrected chi connectivity index (χ2v) is 3.93. The lowest BCUT2D eigenvalue weighted by molar-refractivity contribution is -0.139. The molecule has 98 valence electrons. The molecule has 0 aliphatic heterocycles. The van der Waals surface area contributed by atoms with Crippen molar-refractivity contribution in [1.82, 2.24) is 5.32 Å². The molecular formula is C11H12ClFN2O3. The van der Waals surface area contributed by atoms with E-state index in [1.54, 1.807) is 6.92 Å². The van der Waals surface area contributed by atoms with Gasteiger partial charge in [-0.1, -0.05) is 18.5 Å². The van der Waals surface area contributed by atoms with Gasteiger partial charge in [-0.3, -0.25) is 0 Å². The van der Waals surface area contributed by atoms with E-state index in [-0.39, 0.29) is 17.1 Å². The van der Waals surface area contributed by atoms with E-state index in [0.29, 0.717) is 0 Å². The summed E-state index contributed by atoms with van der Waals surface area (Å²) < 4.78 is 12.8. The predicted octanol–water partition coefficient (Wildman–Crippen LogP) is 2.46.